The predicted octanol–water partition coefficient (Wildman–Crippen LogP) is 2.26. The van der Waals surface area contributed by atoms with Crippen LogP contribution >= 0.6 is 0 Å². The van der Waals surface area contributed by atoms with Crippen molar-refractivity contribution in [2.45, 2.75) is 19.6 Å². The molecule has 112 valence electrons. The summed E-state index contributed by atoms with van der Waals surface area (Å²) < 4.78 is 36.9. The molecule has 0 saturated carbocycles. The Labute approximate surface area is 117 Å². The van der Waals surface area contributed by atoms with E-state index in [2.05, 4.69) is 4.90 Å². The van der Waals surface area contributed by atoms with E-state index in [4.69, 9.17) is 5.73 Å². The molecule has 0 amide bonds. The fourth-order valence-corrected chi connectivity index (χ4v) is 2.41. The van der Waals surface area contributed by atoms with Gasteiger partial charge in [0.1, 0.15) is 0 Å². The van der Waals surface area contributed by atoms with Gasteiger partial charge in [0.25, 0.3) is 0 Å². The Morgan fingerprint density at radius 1 is 1.10 bits per heavy atom. The molecule has 1 fully saturated rings. The van der Waals surface area contributed by atoms with Crippen molar-refractivity contribution < 1.29 is 13.2 Å². The molecule has 0 aliphatic carbocycles. The third kappa shape index (κ3) is 4.38. The molecule has 6 heteroatoms. The minimum atomic E-state index is -4.10. The molecule has 1 heterocycles. The molecule has 1 aromatic rings. The summed E-state index contributed by atoms with van der Waals surface area (Å²) in [5, 5.41) is 0. The number of piperazine rings is 1. The van der Waals surface area contributed by atoms with Crippen LogP contribution in [-0.2, 0) is 6.54 Å². The van der Waals surface area contributed by atoms with E-state index in [1.165, 1.54) is 4.90 Å². The van der Waals surface area contributed by atoms with Gasteiger partial charge in [0, 0.05) is 38.4 Å². The average Bonchev–Trinajstić information content (AvgIpc) is 2.35. The smallest absolute Gasteiger partial charge is 0.399 e. The molecule has 20 heavy (non-hydrogen) atoms. The Kier molecular flexibility index (Phi) is 4.55. The molecule has 0 atom stereocenters. The van der Waals surface area contributed by atoms with Crippen LogP contribution in [-0.4, -0.2) is 48.7 Å². The Hall–Kier alpha value is -1.27. The summed E-state index contributed by atoms with van der Waals surface area (Å²) in [6.07, 6.45) is -4.10. The second-order valence-electron chi connectivity index (χ2n) is 5.36. The van der Waals surface area contributed by atoms with Crippen molar-refractivity contribution in [3.05, 3.63) is 29.3 Å². The van der Waals surface area contributed by atoms with E-state index in [9.17, 15) is 13.2 Å². The van der Waals surface area contributed by atoms with E-state index in [0.29, 0.717) is 26.2 Å². The lowest BCUT2D eigenvalue weighted by atomic mass is 10.1. The third-order valence-electron chi connectivity index (χ3n) is 3.62. The maximum absolute atomic E-state index is 12.3. The first-order valence-electron chi connectivity index (χ1n) is 6.70. The van der Waals surface area contributed by atoms with Crippen molar-refractivity contribution in [2.24, 2.45) is 0 Å². The van der Waals surface area contributed by atoms with Gasteiger partial charge in [0.05, 0.1) is 6.54 Å². The van der Waals surface area contributed by atoms with Gasteiger partial charge in [0.15, 0.2) is 0 Å². The number of hydrogen-bond donors (Lipinski definition) is 1. The number of nitrogens with zero attached hydrogens (tertiary/aromatic N) is 2. The van der Waals surface area contributed by atoms with E-state index < -0.39 is 12.7 Å². The highest BCUT2D eigenvalue weighted by molar-refractivity contribution is 5.48. The highest BCUT2D eigenvalue weighted by atomic mass is 19.4. The van der Waals surface area contributed by atoms with Crippen molar-refractivity contribution >= 4 is 5.69 Å². The number of halogens is 3. The van der Waals surface area contributed by atoms with Gasteiger partial charge in [-0.3, -0.25) is 9.80 Å². The number of hydrogen-bond acceptors (Lipinski definition) is 3. The van der Waals surface area contributed by atoms with Crippen LogP contribution in [0.4, 0.5) is 18.9 Å². The Morgan fingerprint density at radius 3 is 2.25 bits per heavy atom. The highest BCUT2D eigenvalue weighted by Crippen LogP contribution is 2.19. The first kappa shape index (κ1) is 15.1. The standard InChI is InChI=1S/C14H20F3N3/c1-11-2-3-12(8-13(11)18)9-19-4-6-20(7-5-19)10-14(15,16)17/h2-3,8H,4-7,9-10,18H2,1H3. The second kappa shape index (κ2) is 6.01. The fraction of sp³-hybridized carbons (Fsp3) is 0.571. The Bertz CT molecular complexity index is 451. The van der Waals surface area contributed by atoms with Crippen LogP contribution < -0.4 is 5.73 Å². The van der Waals surface area contributed by atoms with E-state index in [1.807, 2.05) is 25.1 Å². The number of benzene rings is 1. The fourth-order valence-electron chi connectivity index (χ4n) is 2.41. The van der Waals surface area contributed by atoms with Crippen LogP contribution in [0, 0.1) is 6.92 Å². The number of nitrogens with two attached hydrogens (primary N) is 1. The molecule has 1 aromatic carbocycles. The lowest BCUT2D eigenvalue weighted by Crippen LogP contribution is -2.48. The van der Waals surface area contributed by atoms with Gasteiger partial charge in [0.2, 0.25) is 0 Å². The number of nitrogen functional groups attached to an aromatic ring is 1. The molecule has 0 bridgehead atoms. The summed E-state index contributed by atoms with van der Waals surface area (Å²) in [6, 6.07) is 5.94. The summed E-state index contributed by atoms with van der Waals surface area (Å²) in [5.41, 5.74) is 8.78. The summed E-state index contributed by atoms with van der Waals surface area (Å²) in [4.78, 5) is 3.62. The molecule has 1 aliphatic heterocycles. The zero-order valence-electron chi connectivity index (χ0n) is 11.6. The summed E-state index contributed by atoms with van der Waals surface area (Å²) in [6.45, 7) is 4.12. The van der Waals surface area contributed by atoms with Crippen LogP contribution in [0.3, 0.4) is 0 Å². The van der Waals surface area contributed by atoms with Gasteiger partial charge < -0.3 is 5.73 Å². The summed E-state index contributed by atoms with van der Waals surface area (Å²) in [7, 11) is 0. The quantitative estimate of drug-likeness (QED) is 0.866. The molecule has 2 N–H and O–H groups in total. The zero-order valence-corrected chi connectivity index (χ0v) is 11.6. The van der Waals surface area contributed by atoms with E-state index in [-0.39, 0.29) is 0 Å². The molecule has 0 spiro atoms. The minimum Gasteiger partial charge on any atom is -0.399 e. The minimum absolute atomic E-state index is 0.459. The van der Waals surface area contributed by atoms with Crippen molar-refractivity contribution in [2.75, 3.05) is 38.5 Å². The topological polar surface area (TPSA) is 32.5 Å². The zero-order chi connectivity index (χ0) is 14.8. The number of aryl methyl sites for hydroxylation is 1. The van der Waals surface area contributed by atoms with Gasteiger partial charge in [-0.05, 0) is 24.1 Å². The first-order valence-corrected chi connectivity index (χ1v) is 6.70. The van der Waals surface area contributed by atoms with E-state index >= 15 is 0 Å². The Balaban J connectivity index is 1.83. The maximum Gasteiger partial charge on any atom is 0.401 e. The maximum atomic E-state index is 12.3. The van der Waals surface area contributed by atoms with Gasteiger partial charge in [-0.2, -0.15) is 13.2 Å². The van der Waals surface area contributed by atoms with Crippen LogP contribution in [0.2, 0.25) is 0 Å². The monoisotopic (exact) mass is 287 g/mol. The van der Waals surface area contributed by atoms with Crippen LogP contribution in [0.15, 0.2) is 18.2 Å². The average molecular weight is 287 g/mol. The molecule has 2 rings (SSSR count). The second-order valence-corrected chi connectivity index (χ2v) is 5.36. The predicted molar refractivity (Wildman–Crippen MR) is 73.4 cm³/mol. The van der Waals surface area contributed by atoms with Crippen molar-refractivity contribution in [1.29, 1.82) is 0 Å². The van der Waals surface area contributed by atoms with E-state index in [0.717, 1.165) is 23.4 Å². The highest BCUT2D eigenvalue weighted by Gasteiger charge is 2.32. The summed E-state index contributed by atoms with van der Waals surface area (Å²) in [5.74, 6) is 0. The number of rotatable bonds is 3. The molecular weight excluding hydrogens is 267 g/mol. The lowest BCUT2D eigenvalue weighted by molar-refractivity contribution is -0.149. The first-order chi connectivity index (χ1) is 9.33. The number of alkyl halides is 3. The molecular formula is C14H20F3N3. The SMILES string of the molecule is Cc1ccc(CN2CCN(CC(F)(F)F)CC2)cc1N. The molecule has 0 aromatic heterocycles. The van der Waals surface area contributed by atoms with Gasteiger partial charge in [-0.25, -0.2) is 0 Å². The normalized spacial score (nSPS) is 18.4. The van der Waals surface area contributed by atoms with Crippen molar-refractivity contribution in [3.8, 4) is 0 Å². The molecule has 3 nitrogen and oxygen atoms in total. The molecule has 0 unspecified atom stereocenters. The van der Waals surface area contributed by atoms with Crippen LogP contribution in [0.25, 0.3) is 0 Å². The molecule has 1 aliphatic rings. The van der Waals surface area contributed by atoms with Gasteiger partial charge >= 0.3 is 6.18 Å². The van der Waals surface area contributed by atoms with Crippen LogP contribution in [0.5, 0.6) is 0 Å². The Morgan fingerprint density at radius 2 is 1.70 bits per heavy atom. The lowest BCUT2D eigenvalue weighted by Gasteiger charge is -2.35. The van der Waals surface area contributed by atoms with Gasteiger partial charge in [-0.1, -0.05) is 12.1 Å². The van der Waals surface area contributed by atoms with Gasteiger partial charge in [-0.15, -0.1) is 0 Å². The third-order valence-corrected chi connectivity index (χ3v) is 3.62. The van der Waals surface area contributed by atoms with Crippen LogP contribution in [0.1, 0.15) is 11.1 Å². The van der Waals surface area contributed by atoms with Crippen molar-refractivity contribution in [3.63, 3.8) is 0 Å². The number of anilines is 1. The summed E-state index contributed by atoms with van der Waals surface area (Å²) >= 11 is 0. The van der Waals surface area contributed by atoms with E-state index in [1.54, 1.807) is 0 Å². The molecule has 0 radical (unpaired) electrons. The molecule has 1 saturated heterocycles. The van der Waals surface area contributed by atoms with Crippen molar-refractivity contribution in [1.82, 2.24) is 9.80 Å². The largest absolute Gasteiger partial charge is 0.401 e.